The molecule has 0 unspecified atom stereocenters. The maximum atomic E-state index is 12.9. The van der Waals surface area contributed by atoms with E-state index in [0.29, 0.717) is 28.4 Å². The van der Waals surface area contributed by atoms with Crippen LogP contribution in [0.15, 0.2) is 65.6 Å². The van der Waals surface area contributed by atoms with E-state index in [9.17, 15) is 13.2 Å². The lowest BCUT2D eigenvalue weighted by Crippen LogP contribution is -2.25. The molecule has 0 radical (unpaired) electrons. The predicted molar refractivity (Wildman–Crippen MR) is 112 cm³/mol. The lowest BCUT2D eigenvalue weighted by atomic mass is 10.1. The van der Waals surface area contributed by atoms with Crippen molar-refractivity contribution in [2.24, 2.45) is 0 Å². The Morgan fingerprint density at radius 1 is 0.931 bits per heavy atom. The number of sulfonamides is 1. The zero-order valence-electron chi connectivity index (χ0n) is 16.3. The molecule has 0 saturated carbocycles. The van der Waals surface area contributed by atoms with Gasteiger partial charge in [-0.15, -0.1) is 0 Å². The van der Waals surface area contributed by atoms with E-state index in [1.807, 2.05) is 25.1 Å². The van der Waals surface area contributed by atoms with Crippen LogP contribution in [-0.4, -0.2) is 21.4 Å². The van der Waals surface area contributed by atoms with Crippen molar-refractivity contribution in [1.82, 2.24) is 0 Å². The summed E-state index contributed by atoms with van der Waals surface area (Å²) in [5.74, 6) is 0.657. The molecule has 1 N–H and O–H groups in total. The van der Waals surface area contributed by atoms with E-state index >= 15 is 0 Å². The minimum atomic E-state index is -3.80. The molecule has 29 heavy (non-hydrogen) atoms. The molecule has 0 saturated heterocycles. The molecule has 0 atom stereocenters. The Morgan fingerprint density at radius 3 is 2.45 bits per heavy atom. The topological polar surface area (TPSA) is 75.7 Å². The highest BCUT2D eigenvalue weighted by molar-refractivity contribution is 7.92. The highest BCUT2D eigenvalue weighted by atomic mass is 32.2. The van der Waals surface area contributed by atoms with Gasteiger partial charge in [-0.25, -0.2) is 8.42 Å². The number of carbonyl (C=O) groups excluding carboxylic acids is 1. The van der Waals surface area contributed by atoms with E-state index in [1.54, 1.807) is 50.4 Å². The number of nitrogens with zero attached hydrogens (tertiary/aromatic N) is 1. The summed E-state index contributed by atoms with van der Waals surface area (Å²) in [4.78, 5) is 14.6. The second-order valence-electron chi connectivity index (χ2n) is 7.02. The summed E-state index contributed by atoms with van der Waals surface area (Å²) in [5.41, 5.74) is 2.86. The Kier molecular flexibility index (Phi) is 4.55. The Labute approximate surface area is 169 Å². The van der Waals surface area contributed by atoms with Gasteiger partial charge in [0.15, 0.2) is 5.75 Å². The van der Waals surface area contributed by atoms with Gasteiger partial charge in [-0.1, -0.05) is 29.8 Å². The van der Waals surface area contributed by atoms with Gasteiger partial charge in [0.2, 0.25) is 0 Å². The summed E-state index contributed by atoms with van der Waals surface area (Å²) in [6.45, 7) is 3.66. The minimum Gasteiger partial charge on any atom is -0.454 e. The molecule has 0 fully saturated rings. The molecule has 1 aliphatic heterocycles. The molecule has 7 heteroatoms. The molecule has 148 valence electrons. The fourth-order valence-electron chi connectivity index (χ4n) is 3.39. The van der Waals surface area contributed by atoms with Gasteiger partial charge in [-0.05, 0) is 55.8 Å². The number of para-hydroxylation sites is 2. The van der Waals surface area contributed by atoms with Crippen molar-refractivity contribution in [3.63, 3.8) is 0 Å². The van der Waals surface area contributed by atoms with Gasteiger partial charge >= 0.3 is 0 Å². The molecule has 1 amide bonds. The molecule has 3 aromatic carbocycles. The fraction of sp³-hybridized carbons (Fsp3) is 0.136. The van der Waals surface area contributed by atoms with Crippen LogP contribution in [-0.2, 0) is 10.0 Å². The molecule has 1 heterocycles. The maximum absolute atomic E-state index is 12.9. The zero-order chi connectivity index (χ0) is 20.8. The van der Waals surface area contributed by atoms with Crippen LogP contribution >= 0.6 is 0 Å². The second-order valence-corrected chi connectivity index (χ2v) is 8.67. The van der Waals surface area contributed by atoms with Gasteiger partial charge in [0, 0.05) is 12.7 Å². The molecular formula is C22H20N2O4S. The van der Waals surface area contributed by atoms with Crippen molar-refractivity contribution in [3.05, 3.63) is 77.4 Å². The van der Waals surface area contributed by atoms with Gasteiger partial charge < -0.3 is 9.64 Å². The number of ether oxygens (including phenoxy) is 1. The monoisotopic (exact) mass is 408 g/mol. The number of nitrogens with one attached hydrogen (secondary N) is 1. The number of fused-ring (bicyclic) bond motifs is 2. The molecule has 4 rings (SSSR count). The Balaban J connectivity index is 1.71. The molecule has 3 aromatic rings. The standard InChI is InChI=1S/C22H20N2O4S/c1-14-8-11-21(15(2)12-14)29(26,27)23-16-9-10-19-17(13-16)22(25)24(3)18-6-4-5-7-20(18)28-19/h4-13,23H,1-3H3. The first kappa shape index (κ1) is 19.0. The summed E-state index contributed by atoms with van der Waals surface area (Å²) in [5, 5.41) is 0. The van der Waals surface area contributed by atoms with Crippen molar-refractivity contribution < 1.29 is 17.9 Å². The van der Waals surface area contributed by atoms with Crippen LogP contribution in [0.25, 0.3) is 0 Å². The van der Waals surface area contributed by atoms with E-state index in [2.05, 4.69) is 4.72 Å². The number of benzene rings is 3. The minimum absolute atomic E-state index is 0.199. The summed E-state index contributed by atoms with van der Waals surface area (Å²) >= 11 is 0. The first-order chi connectivity index (χ1) is 13.8. The number of anilines is 2. The third kappa shape index (κ3) is 3.45. The van der Waals surface area contributed by atoms with Crippen LogP contribution in [0.4, 0.5) is 11.4 Å². The quantitative estimate of drug-likeness (QED) is 0.693. The lowest BCUT2D eigenvalue weighted by Gasteiger charge is -2.16. The van der Waals surface area contributed by atoms with E-state index in [4.69, 9.17) is 4.74 Å². The van der Waals surface area contributed by atoms with Gasteiger partial charge in [0.1, 0.15) is 5.75 Å². The first-order valence-electron chi connectivity index (χ1n) is 9.05. The van der Waals surface area contributed by atoms with Crippen LogP contribution < -0.4 is 14.4 Å². The Morgan fingerprint density at radius 2 is 1.69 bits per heavy atom. The predicted octanol–water partition coefficient (Wildman–Crippen LogP) is 4.49. The molecule has 0 bridgehead atoms. The molecule has 1 aliphatic rings. The van der Waals surface area contributed by atoms with Gasteiger partial charge in [-0.2, -0.15) is 0 Å². The summed E-state index contributed by atoms with van der Waals surface area (Å²) in [6, 6.07) is 17.1. The number of rotatable bonds is 3. The third-order valence-electron chi connectivity index (χ3n) is 4.83. The van der Waals surface area contributed by atoms with E-state index < -0.39 is 10.0 Å². The Hall–Kier alpha value is -3.32. The summed E-state index contributed by atoms with van der Waals surface area (Å²) < 4.78 is 34.2. The molecule has 6 nitrogen and oxygen atoms in total. The second kappa shape index (κ2) is 6.93. The third-order valence-corrected chi connectivity index (χ3v) is 6.37. The van der Waals surface area contributed by atoms with Crippen LogP contribution in [0.5, 0.6) is 11.5 Å². The Bertz CT molecular complexity index is 1240. The van der Waals surface area contributed by atoms with Crippen molar-refractivity contribution in [2.45, 2.75) is 18.7 Å². The van der Waals surface area contributed by atoms with Crippen LogP contribution in [0.1, 0.15) is 21.5 Å². The SMILES string of the molecule is Cc1ccc(S(=O)(=O)Nc2ccc3c(c2)C(=O)N(C)c2ccccc2O3)c(C)c1. The zero-order valence-corrected chi connectivity index (χ0v) is 17.1. The van der Waals surface area contributed by atoms with Crippen molar-refractivity contribution in [3.8, 4) is 11.5 Å². The number of carbonyl (C=O) groups is 1. The summed E-state index contributed by atoms with van der Waals surface area (Å²) in [6.07, 6.45) is 0. The lowest BCUT2D eigenvalue weighted by molar-refractivity contribution is 0.0993. The summed E-state index contributed by atoms with van der Waals surface area (Å²) in [7, 11) is -2.14. The van der Waals surface area contributed by atoms with Crippen LogP contribution in [0, 0.1) is 13.8 Å². The first-order valence-corrected chi connectivity index (χ1v) is 10.5. The van der Waals surface area contributed by atoms with E-state index in [1.165, 1.54) is 11.0 Å². The largest absolute Gasteiger partial charge is 0.454 e. The van der Waals surface area contributed by atoms with Gasteiger partial charge in [0.05, 0.1) is 16.1 Å². The van der Waals surface area contributed by atoms with E-state index in [0.717, 1.165) is 5.56 Å². The highest BCUT2D eigenvalue weighted by Gasteiger charge is 2.26. The van der Waals surface area contributed by atoms with Crippen molar-refractivity contribution in [1.29, 1.82) is 0 Å². The fourth-order valence-corrected chi connectivity index (χ4v) is 4.67. The number of hydrogen-bond donors (Lipinski definition) is 1. The van der Waals surface area contributed by atoms with Crippen molar-refractivity contribution >= 4 is 27.3 Å². The number of amides is 1. The molecule has 0 aromatic heterocycles. The highest BCUT2D eigenvalue weighted by Crippen LogP contribution is 2.39. The number of hydrogen-bond acceptors (Lipinski definition) is 4. The number of aryl methyl sites for hydroxylation is 2. The van der Waals surface area contributed by atoms with Gasteiger partial charge in [0.25, 0.3) is 15.9 Å². The smallest absolute Gasteiger partial charge is 0.262 e. The molecule has 0 spiro atoms. The van der Waals surface area contributed by atoms with Crippen LogP contribution in [0.2, 0.25) is 0 Å². The molecule has 0 aliphatic carbocycles. The van der Waals surface area contributed by atoms with Gasteiger partial charge in [-0.3, -0.25) is 9.52 Å². The average molecular weight is 408 g/mol. The maximum Gasteiger partial charge on any atom is 0.262 e. The molecular weight excluding hydrogens is 388 g/mol. The van der Waals surface area contributed by atoms with Crippen LogP contribution in [0.3, 0.4) is 0 Å². The normalized spacial score (nSPS) is 13.2. The van der Waals surface area contributed by atoms with E-state index in [-0.39, 0.29) is 16.4 Å². The average Bonchev–Trinajstić information content (AvgIpc) is 2.77. The van der Waals surface area contributed by atoms with Crippen molar-refractivity contribution in [2.75, 3.05) is 16.7 Å².